The summed E-state index contributed by atoms with van der Waals surface area (Å²) in [6.45, 7) is 2.15. The predicted octanol–water partition coefficient (Wildman–Crippen LogP) is 6.05. The number of methoxy groups -OCH3 is 1. The summed E-state index contributed by atoms with van der Waals surface area (Å²) in [4.78, 5) is 38.4. The Hall–Kier alpha value is -3.87. The van der Waals surface area contributed by atoms with Gasteiger partial charge in [-0.05, 0) is 62.0 Å². The van der Waals surface area contributed by atoms with E-state index < -0.39 is 5.97 Å². The molecular weight excluding hydrogens is 484 g/mol. The van der Waals surface area contributed by atoms with Crippen molar-refractivity contribution in [1.82, 2.24) is 0 Å². The van der Waals surface area contributed by atoms with Gasteiger partial charge in [0, 0.05) is 29.9 Å². The van der Waals surface area contributed by atoms with Gasteiger partial charge in [0.1, 0.15) is 35.2 Å². The van der Waals surface area contributed by atoms with E-state index in [0.717, 1.165) is 23.3 Å². The Labute approximate surface area is 222 Å². The fraction of sp³-hybridized carbons (Fsp3) is 0.387. The quantitative estimate of drug-likeness (QED) is 0.355. The van der Waals surface area contributed by atoms with E-state index in [2.05, 4.69) is 0 Å². The van der Waals surface area contributed by atoms with Crippen LogP contribution in [0.15, 0.2) is 42.0 Å². The van der Waals surface area contributed by atoms with Crippen molar-refractivity contribution >= 4 is 29.9 Å². The van der Waals surface area contributed by atoms with E-state index in [1.165, 1.54) is 7.11 Å². The molecule has 2 aromatic rings. The Morgan fingerprint density at radius 1 is 1.00 bits per heavy atom. The van der Waals surface area contributed by atoms with E-state index >= 15 is 0 Å². The molecule has 0 saturated heterocycles. The lowest BCUT2D eigenvalue weighted by Gasteiger charge is -2.31. The van der Waals surface area contributed by atoms with Crippen molar-refractivity contribution in [3.8, 4) is 17.2 Å². The zero-order valence-corrected chi connectivity index (χ0v) is 21.8. The highest BCUT2D eigenvalue weighted by molar-refractivity contribution is 5.99. The van der Waals surface area contributed by atoms with Crippen molar-refractivity contribution in [1.29, 1.82) is 0 Å². The van der Waals surface area contributed by atoms with Crippen LogP contribution in [0.2, 0.25) is 0 Å². The largest absolute Gasteiger partial charge is 0.495 e. The van der Waals surface area contributed by atoms with Gasteiger partial charge in [-0.25, -0.2) is 4.79 Å². The normalized spacial score (nSPS) is 21.9. The Kier molecular flexibility index (Phi) is 7.63. The molecule has 3 heterocycles. The molecule has 0 N–H and O–H groups in total. The van der Waals surface area contributed by atoms with Crippen LogP contribution in [-0.2, 0) is 14.3 Å². The number of ketones is 1. The molecule has 198 valence electrons. The third-order valence-corrected chi connectivity index (χ3v) is 7.26. The maximum Gasteiger partial charge on any atom is 0.342 e. The summed E-state index contributed by atoms with van der Waals surface area (Å²) in [5, 5.41) is 0. The minimum Gasteiger partial charge on any atom is -0.495 e. The van der Waals surface area contributed by atoms with Gasteiger partial charge in [0.15, 0.2) is 0 Å². The van der Waals surface area contributed by atoms with Gasteiger partial charge in [-0.1, -0.05) is 30.4 Å². The van der Waals surface area contributed by atoms with Crippen LogP contribution in [0.3, 0.4) is 0 Å². The zero-order chi connectivity index (χ0) is 26.6. The molecule has 0 unspecified atom stereocenters. The topological polar surface area (TPSA) is 88.1 Å². The molecule has 3 aliphatic rings. The maximum atomic E-state index is 13.6. The lowest BCUT2D eigenvalue weighted by molar-refractivity contribution is -0.135. The van der Waals surface area contributed by atoms with Gasteiger partial charge in [0.05, 0.1) is 19.6 Å². The molecule has 0 radical (unpaired) electrons. The number of hydrogen-bond donors (Lipinski definition) is 0. The Balaban J connectivity index is 1.62. The summed E-state index contributed by atoms with van der Waals surface area (Å²) < 4.78 is 23.4. The summed E-state index contributed by atoms with van der Waals surface area (Å²) in [6.07, 6.45) is 9.23. The van der Waals surface area contributed by atoms with Crippen LogP contribution >= 0.6 is 0 Å². The molecule has 7 nitrogen and oxygen atoms in total. The molecular formula is C31H32O7. The van der Waals surface area contributed by atoms with Crippen molar-refractivity contribution in [2.75, 3.05) is 13.7 Å². The number of allylic oxidation sites excluding steroid dienone is 1. The van der Waals surface area contributed by atoms with E-state index in [0.29, 0.717) is 66.9 Å². The first-order valence-corrected chi connectivity index (χ1v) is 13.2. The summed E-state index contributed by atoms with van der Waals surface area (Å²) in [5.74, 6) is 0.483. The summed E-state index contributed by atoms with van der Waals surface area (Å²) >= 11 is 0. The van der Waals surface area contributed by atoms with Crippen LogP contribution in [-0.4, -0.2) is 37.5 Å². The molecule has 0 bridgehead atoms. The minimum atomic E-state index is -0.505. The van der Waals surface area contributed by atoms with Gasteiger partial charge >= 0.3 is 11.9 Å². The van der Waals surface area contributed by atoms with E-state index in [-0.39, 0.29) is 30.2 Å². The fourth-order valence-corrected chi connectivity index (χ4v) is 5.36. The molecule has 0 fully saturated rings. The van der Waals surface area contributed by atoms with Crippen molar-refractivity contribution in [3.63, 3.8) is 0 Å². The number of cyclic esters (lactones) is 1. The number of rotatable bonds is 2. The first-order chi connectivity index (χ1) is 18.4. The predicted molar refractivity (Wildman–Crippen MR) is 143 cm³/mol. The monoisotopic (exact) mass is 516 g/mol. The molecule has 0 spiro atoms. The standard InChI is InChI=1S/C31H32O7/c1-19-9-8-13-23(32)12-5-3-4-11-21-16-26-29(30(35-2)28(21)31(34)37-19)24(17-27(33)38-26)22-15-20-10-6-7-14-25(20)36-18-22/h4,6-7,10-11,14-16,19,24H,3,5,8-9,12-13,17-18H2,1-2H3/t19-,24+/m1/s1. The average molecular weight is 517 g/mol. The summed E-state index contributed by atoms with van der Waals surface area (Å²) in [7, 11) is 1.52. The molecule has 0 amide bonds. The van der Waals surface area contributed by atoms with Crippen LogP contribution in [0.1, 0.15) is 84.8 Å². The van der Waals surface area contributed by atoms with Crippen LogP contribution < -0.4 is 14.2 Å². The highest BCUT2D eigenvalue weighted by atomic mass is 16.5. The average Bonchev–Trinajstić information content (AvgIpc) is 2.90. The highest BCUT2D eigenvalue weighted by Crippen LogP contribution is 2.49. The lowest BCUT2D eigenvalue weighted by Crippen LogP contribution is -2.26. The second-order valence-electron chi connectivity index (χ2n) is 10.0. The van der Waals surface area contributed by atoms with Crippen LogP contribution in [0.4, 0.5) is 0 Å². The van der Waals surface area contributed by atoms with Crippen molar-refractivity contribution in [3.05, 3.63) is 64.2 Å². The molecule has 7 heteroatoms. The van der Waals surface area contributed by atoms with Crippen molar-refractivity contribution < 1.29 is 33.3 Å². The van der Waals surface area contributed by atoms with E-state index in [1.54, 1.807) is 6.07 Å². The van der Waals surface area contributed by atoms with Gasteiger partial charge in [-0.2, -0.15) is 0 Å². The Bertz CT molecular complexity index is 1320. The van der Waals surface area contributed by atoms with E-state index in [1.807, 2.05) is 49.4 Å². The summed E-state index contributed by atoms with van der Waals surface area (Å²) in [5.41, 5.74) is 3.34. The van der Waals surface area contributed by atoms with Crippen LogP contribution in [0, 0.1) is 0 Å². The molecule has 0 aromatic heterocycles. The van der Waals surface area contributed by atoms with Gasteiger partial charge < -0.3 is 18.9 Å². The number of ether oxygens (including phenoxy) is 4. The van der Waals surface area contributed by atoms with Gasteiger partial charge in [-0.15, -0.1) is 0 Å². The molecule has 38 heavy (non-hydrogen) atoms. The third-order valence-electron chi connectivity index (χ3n) is 7.26. The first kappa shape index (κ1) is 25.8. The van der Waals surface area contributed by atoms with Crippen LogP contribution in [0.25, 0.3) is 12.2 Å². The number of benzene rings is 2. The molecule has 0 saturated carbocycles. The molecule has 2 aromatic carbocycles. The molecule has 3 aliphatic heterocycles. The minimum absolute atomic E-state index is 0.106. The van der Waals surface area contributed by atoms with Crippen molar-refractivity contribution in [2.45, 2.75) is 63.9 Å². The molecule has 0 aliphatic carbocycles. The number of fused-ring (bicyclic) bond motifs is 3. The Morgan fingerprint density at radius 2 is 1.82 bits per heavy atom. The second kappa shape index (κ2) is 11.3. The first-order valence-electron chi connectivity index (χ1n) is 13.2. The van der Waals surface area contributed by atoms with Crippen LogP contribution in [0.5, 0.6) is 17.2 Å². The number of Topliss-reactive ketones (excluding diaryl/α,β-unsaturated/α-hetero) is 1. The number of carbonyl (C=O) groups is 3. The fourth-order valence-electron chi connectivity index (χ4n) is 5.36. The van der Waals surface area contributed by atoms with Crippen molar-refractivity contribution in [2.24, 2.45) is 0 Å². The maximum absolute atomic E-state index is 13.6. The Morgan fingerprint density at radius 3 is 2.66 bits per heavy atom. The van der Waals surface area contributed by atoms with E-state index in [9.17, 15) is 14.4 Å². The van der Waals surface area contributed by atoms with Gasteiger partial charge in [-0.3, -0.25) is 9.59 Å². The SMILES string of the molecule is COc1c2c(cc3c1[C@H](C1=Cc4ccccc4OC1)CC(=O)O3)C=CCCCC(=O)CCC[C@@H](C)OC2=O. The number of para-hydroxylation sites is 1. The third kappa shape index (κ3) is 5.37. The lowest BCUT2D eigenvalue weighted by atomic mass is 9.82. The van der Waals surface area contributed by atoms with Gasteiger partial charge in [0.25, 0.3) is 0 Å². The smallest absolute Gasteiger partial charge is 0.342 e. The highest BCUT2D eigenvalue weighted by Gasteiger charge is 2.37. The van der Waals surface area contributed by atoms with Gasteiger partial charge in [0.2, 0.25) is 0 Å². The number of hydrogen-bond acceptors (Lipinski definition) is 7. The molecule has 5 rings (SSSR count). The second-order valence-corrected chi connectivity index (χ2v) is 10.0. The zero-order valence-electron chi connectivity index (χ0n) is 21.8. The van der Waals surface area contributed by atoms with E-state index in [4.69, 9.17) is 18.9 Å². The number of carbonyl (C=O) groups excluding carboxylic acids is 3. The number of esters is 2. The molecule has 2 atom stereocenters. The summed E-state index contributed by atoms with van der Waals surface area (Å²) in [6, 6.07) is 9.45.